The molecule has 0 atom stereocenters. The third-order valence-corrected chi connectivity index (χ3v) is 3.46. The highest BCUT2D eigenvalue weighted by molar-refractivity contribution is 6.09. The van der Waals surface area contributed by atoms with Crippen LogP contribution < -0.4 is 15.8 Å². The number of nitrogens with two attached hydrogens (primary N) is 1. The van der Waals surface area contributed by atoms with E-state index in [9.17, 15) is 4.79 Å². The fraction of sp³-hybridized carbons (Fsp3) is 0.118. The van der Waals surface area contributed by atoms with E-state index < -0.39 is 0 Å². The van der Waals surface area contributed by atoms with E-state index in [1.165, 1.54) is 7.11 Å². The minimum atomic E-state index is -0.363. The van der Waals surface area contributed by atoms with Crippen LogP contribution in [-0.4, -0.2) is 23.2 Å². The molecule has 122 valence electrons. The summed E-state index contributed by atoms with van der Waals surface area (Å²) in [4.78, 5) is 16.7. The summed E-state index contributed by atoms with van der Waals surface area (Å²) in [7, 11) is 1.46. The van der Waals surface area contributed by atoms with Crippen molar-refractivity contribution < 1.29 is 14.1 Å². The molecule has 0 saturated heterocycles. The fourth-order valence-electron chi connectivity index (χ4n) is 2.32. The number of benzene rings is 1. The number of hydrogen-bond donors (Lipinski definition) is 2. The van der Waals surface area contributed by atoms with Crippen LogP contribution in [0.4, 0.5) is 11.5 Å². The number of rotatable bonds is 4. The summed E-state index contributed by atoms with van der Waals surface area (Å²) >= 11 is 0. The first-order valence-corrected chi connectivity index (χ1v) is 7.23. The van der Waals surface area contributed by atoms with Crippen LogP contribution in [0.2, 0.25) is 0 Å². The Balaban J connectivity index is 1.96. The SMILES string of the molecule is COc1nc(N)ccc1NC(=O)c1c(-c2ccccc2)noc1C. The summed E-state index contributed by atoms with van der Waals surface area (Å²) in [6.45, 7) is 1.69. The van der Waals surface area contributed by atoms with Crippen molar-refractivity contribution in [3.8, 4) is 17.1 Å². The first-order chi connectivity index (χ1) is 11.6. The Bertz CT molecular complexity index is 875. The predicted octanol–water partition coefficient (Wildman–Crippen LogP) is 2.89. The van der Waals surface area contributed by atoms with Crippen molar-refractivity contribution in [2.45, 2.75) is 6.92 Å². The van der Waals surface area contributed by atoms with Crippen molar-refractivity contribution in [2.24, 2.45) is 0 Å². The van der Waals surface area contributed by atoms with Crippen LogP contribution >= 0.6 is 0 Å². The lowest BCUT2D eigenvalue weighted by atomic mass is 10.1. The lowest BCUT2D eigenvalue weighted by Gasteiger charge is -2.10. The zero-order valence-corrected chi connectivity index (χ0v) is 13.2. The molecule has 0 aliphatic carbocycles. The second kappa shape index (κ2) is 6.41. The Hall–Kier alpha value is -3.35. The minimum absolute atomic E-state index is 0.235. The van der Waals surface area contributed by atoms with Crippen LogP contribution in [0.3, 0.4) is 0 Å². The van der Waals surface area contributed by atoms with Gasteiger partial charge < -0.3 is 20.3 Å². The van der Waals surface area contributed by atoms with Gasteiger partial charge in [0.05, 0.1) is 7.11 Å². The average Bonchev–Trinajstić information content (AvgIpc) is 2.99. The van der Waals surface area contributed by atoms with Gasteiger partial charge in [0.2, 0.25) is 5.88 Å². The van der Waals surface area contributed by atoms with Crippen LogP contribution in [-0.2, 0) is 0 Å². The lowest BCUT2D eigenvalue weighted by Crippen LogP contribution is -2.14. The number of anilines is 2. The molecule has 0 aliphatic heterocycles. The molecule has 1 aromatic carbocycles. The van der Waals surface area contributed by atoms with Crippen LogP contribution in [0.1, 0.15) is 16.1 Å². The van der Waals surface area contributed by atoms with Crippen molar-refractivity contribution in [3.63, 3.8) is 0 Å². The smallest absolute Gasteiger partial charge is 0.261 e. The number of nitrogens with one attached hydrogen (secondary N) is 1. The molecule has 3 rings (SSSR count). The molecule has 0 aliphatic rings. The van der Waals surface area contributed by atoms with Crippen molar-refractivity contribution >= 4 is 17.4 Å². The fourth-order valence-corrected chi connectivity index (χ4v) is 2.32. The Morgan fingerprint density at radius 2 is 1.96 bits per heavy atom. The van der Waals surface area contributed by atoms with E-state index in [1.807, 2.05) is 30.3 Å². The summed E-state index contributed by atoms with van der Waals surface area (Å²) in [5.74, 6) is 0.598. The summed E-state index contributed by atoms with van der Waals surface area (Å²) in [5, 5.41) is 6.76. The van der Waals surface area contributed by atoms with Crippen molar-refractivity contribution in [2.75, 3.05) is 18.2 Å². The molecule has 2 heterocycles. The number of aryl methyl sites for hydroxylation is 1. The molecular formula is C17H16N4O3. The molecule has 1 amide bonds. The van der Waals surface area contributed by atoms with E-state index in [0.717, 1.165) is 5.56 Å². The number of carbonyl (C=O) groups is 1. The molecule has 2 aromatic heterocycles. The van der Waals surface area contributed by atoms with Crippen LogP contribution in [0.25, 0.3) is 11.3 Å². The average molecular weight is 324 g/mol. The molecule has 24 heavy (non-hydrogen) atoms. The Morgan fingerprint density at radius 1 is 1.21 bits per heavy atom. The Labute approximate surface area is 138 Å². The predicted molar refractivity (Wildman–Crippen MR) is 89.8 cm³/mol. The zero-order chi connectivity index (χ0) is 17.1. The molecular weight excluding hydrogens is 308 g/mol. The van der Waals surface area contributed by atoms with E-state index in [0.29, 0.717) is 28.5 Å². The third kappa shape index (κ3) is 2.91. The molecule has 0 unspecified atom stereocenters. The van der Waals surface area contributed by atoms with Gasteiger partial charge >= 0.3 is 0 Å². The maximum absolute atomic E-state index is 12.7. The molecule has 7 heteroatoms. The molecule has 0 saturated carbocycles. The van der Waals surface area contributed by atoms with Gasteiger partial charge in [-0.15, -0.1) is 0 Å². The van der Waals surface area contributed by atoms with Gasteiger partial charge in [0, 0.05) is 5.56 Å². The number of ether oxygens (including phenoxy) is 1. The van der Waals surface area contributed by atoms with Crippen molar-refractivity contribution in [1.29, 1.82) is 0 Å². The van der Waals surface area contributed by atoms with E-state index in [-0.39, 0.29) is 11.8 Å². The number of carbonyl (C=O) groups excluding carboxylic acids is 1. The van der Waals surface area contributed by atoms with Gasteiger partial charge in [-0.05, 0) is 19.1 Å². The van der Waals surface area contributed by atoms with Gasteiger partial charge in [-0.2, -0.15) is 4.98 Å². The number of nitrogen functional groups attached to an aromatic ring is 1. The molecule has 0 spiro atoms. The minimum Gasteiger partial charge on any atom is -0.479 e. The summed E-state index contributed by atoms with van der Waals surface area (Å²) < 4.78 is 10.4. The lowest BCUT2D eigenvalue weighted by molar-refractivity contribution is 0.102. The maximum atomic E-state index is 12.7. The van der Waals surface area contributed by atoms with E-state index in [4.69, 9.17) is 15.0 Å². The topological polar surface area (TPSA) is 103 Å². The number of nitrogens with zero attached hydrogens (tertiary/aromatic N) is 2. The van der Waals surface area contributed by atoms with Gasteiger partial charge in [-0.25, -0.2) is 0 Å². The molecule has 0 bridgehead atoms. The monoisotopic (exact) mass is 324 g/mol. The van der Waals surface area contributed by atoms with Gasteiger partial charge in [-0.3, -0.25) is 4.79 Å². The number of hydrogen-bond acceptors (Lipinski definition) is 6. The first kappa shape index (κ1) is 15.5. The zero-order valence-electron chi connectivity index (χ0n) is 13.2. The van der Waals surface area contributed by atoms with E-state index >= 15 is 0 Å². The van der Waals surface area contributed by atoms with Gasteiger partial charge in [0.15, 0.2) is 0 Å². The molecule has 0 radical (unpaired) electrons. The Morgan fingerprint density at radius 3 is 2.67 bits per heavy atom. The maximum Gasteiger partial charge on any atom is 0.261 e. The van der Waals surface area contributed by atoms with Crippen LogP contribution in [0.15, 0.2) is 47.0 Å². The Kier molecular flexibility index (Phi) is 4.15. The molecule has 0 fully saturated rings. The molecule has 3 N–H and O–H groups in total. The second-order valence-corrected chi connectivity index (χ2v) is 5.08. The van der Waals surface area contributed by atoms with Gasteiger partial charge in [-0.1, -0.05) is 35.5 Å². The summed E-state index contributed by atoms with van der Waals surface area (Å²) in [6, 6.07) is 12.6. The van der Waals surface area contributed by atoms with Gasteiger partial charge in [0.1, 0.15) is 28.5 Å². The molecule has 3 aromatic rings. The largest absolute Gasteiger partial charge is 0.479 e. The van der Waals surface area contributed by atoms with Crippen molar-refractivity contribution in [3.05, 3.63) is 53.8 Å². The highest BCUT2D eigenvalue weighted by Crippen LogP contribution is 2.28. The van der Waals surface area contributed by atoms with E-state index in [2.05, 4.69) is 15.5 Å². The van der Waals surface area contributed by atoms with Crippen LogP contribution in [0.5, 0.6) is 5.88 Å². The van der Waals surface area contributed by atoms with E-state index in [1.54, 1.807) is 19.1 Å². The molecule has 7 nitrogen and oxygen atoms in total. The number of pyridine rings is 1. The number of methoxy groups -OCH3 is 1. The third-order valence-electron chi connectivity index (χ3n) is 3.46. The summed E-state index contributed by atoms with van der Waals surface area (Å²) in [5.41, 5.74) is 7.67. The standard InChI is InChI=1S/C17H16N4O3/c1-10-14(15(21-24-10)11-6-4-3-5-7-11)16(22)19-12-8-9-13(18)20-17(12)23-2/h3-9H,1-2H3,(H2,18,20)(H,19,22). The highest BCUT2D eigenvalue weighted by Gasteiger charge is 2.22. The van der Waals surface area contributed by atoms with Gasteiger partial charge in [0.25, 0.3) is 5.91 Å². The normalized spacial score (nSPS) is 10.4. The van der Waals surface area contributed by atoms with Crippen molar-refractivity contribution in [1.82, 2.24) is 10.1 Å². The number of aromatic nitrogens is 2. The quantitative estimate of drug-likeness (QED) is 0.765. The van der Waals surface area contributed by atoms with Crippen LogP contribution in [0, 0.1) is 6.92 Å². The summed E-state index contributed by atoms with van der Waals surface area (Å²) in [6.07, 6.45) is 0. The first-order valence-electron chi connectivity index (χ1n) is 7.23. The highest BCUT2D eigenvalue weighted by atomic mass is 16.5. The second-order valence-electron chi connectivity index (χ2n) is 5.08. The number of amides is 1.